The number of esters is 1. The summed E-state index contributed by atoms with van der Waals surface area (Å²) in [5.41, 5.74) is 0.489. The van der Waals surface area contributed by atoms with E-state index in [-0.39, 0.29) is 12.5 Å². The average Bonchev–Trinajstić information content (AvgIpc) is 2.65. The van der Waals surface area contributed by atoms with Crippen LogP contribution in [0, 0.1) is 0 Å². The first-order valence-electron chi connectivity index (χ1n) is 9.25. The van der Waals surface area contributed by atoms with Crippen LogP contribution in [-0.2, 0) is 9.53 Å². The number of hydrogen-bond donors (Lipinski definition) is 1. The minimum absolute atomic E-state index is 0.133. The van der Waals surface area contributed by atoms with E-state index >= 15 is 0 Å². The number of nitrogens with one attached hydrogen (secondary N) is 1. The first-order valence-corrected chi connectivity index (χ1v) is 9.25. The number of benzene rings is 1. The van der Waals surface area contributed by atoms with Gasteiger partial charge in [0.15, 0.2) is 0 Å². The van der Waals surface area contributed by atoms with Gasteiger partial charge in [0, 0.05) is 5.56 Å². The van der Waals surface area contributed by atoms with Crippen molar-refractivity contribution >= 4 is 11.9 Å². The van der Waals surface area contributed by atoms with Gasteiger partial charge in [-0.2, -0.15) is 0 Å². The molecule has 1 rings (SSSR count). The minimum atomic E-state index is -0.473. The Kier molecular flexibility index (Phi) is 11.2. The Morgan fingerprint density at radius 1 is 0.920 bits per heavy atom. The van der Waals surface area contributed by atoms with Gasteiger partial charge < -0.3 is 14.8 Å². The number of carbonyl (C=O) groups is 2. The number of carbonyl (C=O) groups excluding carboxylic acids is 2. The van der Waals surface area contributed by atoms with E-state index < -0.39 is 5.97 Å². The third-order valence-corrected chi connectivity index (χ3v) is 4.00. The van der Waals surface area contributed by atoms with Gasteiger partial charge in [-0.25, -0.2) is 0 Å². The van der Waals surface area contributed by atoms with Gasteiger partial charge in [0.25, 0.3) is 5.91 Å². The summed E-state index contributed by atoms with van der Waals surface area (Å²) in [5, 5.41) is 2.50. The van der Waals surface area contributed by atoms with E-state index in [1.54, 1.807) is 24.3 Å². The van der Waals surface area contributed by atoms with Gasteiger partial charge in [-0.05, 0) is 30.7 Å². The zero-order valence-electron chi connectivity index (χ0n) is 15.5. The maximum atomic E-state index is 11.8. The lowest BCUT2D eigenvalue weighted by molar-refractivity contribution is -0.139. The van der Waals surface area contributed by atoms with E-state index in [0.717, 1.165) is 12.2 Å². The van der Waals surface area contributed by atoms with Crippen LogP contribution in [0.4, 0.5) is 0 Å². The zero-order chi connectivity index (χ0) is 18.3. The van der Waals surface area contributed by atoms with Crippen molar-refractivity contribution in [2.24, 2.45) is 0 Å². The Hall–Kier alpha value is -2.04. The predicted octanol–water partition coefficient (Wildman–Crippen LogP) is 4.11. The Morgan fingerprint density at radius 2 is 1.52 bits per heavy atom. The van der Waals surface area contributed by atoms with Crippen molar-refractivity contribution in [1.82, 2.24) is 5.32 Å². The Bertz CT molecular complexity index is 499. The van der Waals surface area contributed by atoms with Gasteiger partial charge in [-0.3, -0.25) is 9.59 Å². The van der Waals surface area contributed by atoms with Crippen LogP contribution in [0.1, 0.15) is 68.6 Å². The number of hydrogen-bond acceptors (Lipinski definition) is 4. The Labute approximate surface area is 151 Å². The van der Waals surface area contributed by atoms with Crippen LogP contribution in [0.3, 0.4) is 0 Å². The van der Waals surface area contributed by atoms with Crippen molar-refractivity contribution < 1.29 is 19.1 Å². The molecule has 5 nitrogen and oxygen atoms in total. The molecule has 0 aliphatic heterocycles. The smallest absolute Gasteiger partial charge is 0.325 e. The fraction of sp³-hybridized carbons (Fsp3) is 0.600. The molecule has 25 heavy (non-hydrogen) atoms. The molecule has 140 valence electrons. The topological polar surface area (TPSA) is 64.6 Å². The van der Waals surface area contributed by atoms with Gasteiger partial charge in [0.05, 0.1) is 13.7 Å². The summed E-state index contributed by atoms with van der Waals surface area (Å²) in [4.78, 5) is 22.8. The molecule has 0 aromatic heterocycles. The van der Waals surface area contributed by atoms with Crippen LogP contribution < -0.4 is 10.1 Å². The Balaban J connectivity index is 2.15. The van der Waals surface area contributed by atoms with Crippen molar-refractivity contribution in [1.29, 1.82) is 0 Å². The SMILES string of the molecule is CCCCCCCCCCOc1ccc(C(=O)NCC(=O)OC)cc1. The van der Waals surface area contributed by atoms with Crippen molar-refractivity contribution in [3.8, 4) is 5.75 Å². The predicted molar refractivity (Wildman–Crippen MR) is 98.9 cm³/mol. The largest absolute Gasteiger partial charge is 0.494 e. The molecule has 5 heteroatoms. The first kappa shape index (κ1) is 21.0. The quantitative estimate of drug-likeness (QED) is 0.430. The molecule has 0 spiro atoms. The molecular formula is C20H31NO4. The molecule has 1 N–H and O–H groups in total. The molecule has 0 radical (unpaired) electrons. The molecule has 0 saturated carbocycles. The van der Waals surface area contributed by atoms with Gasteiger partial charge in [-0.1, -0.05) is 51.9 Å². The van der Waals surface area contributed by atoms with Gasteiger partial charge >= 0.3 is 5.97 Å². The van der Waals surface area contributed by atoms with Crippen molar-refractivity contribution in [2.45, 2.75) is 58.3 Å². The van der Waals surface area contributed by atoms with Crippen LogP contribution in [0.5, 0.6) is 5.75 Å². The summed E-state index contributed by atoms with van der Waals surface area (Å²) in [6.45, 7) is 2.80. The van der Waals surface area contributed by atoms with Crippen molar-refractivity contribution in [3.63, 3.8) is 0 Å². The van der Waals surface area contributed by atoms with Crippen molar-refractivity contribution in [3.05, 3.63) is 29.8 Å². The molecule has 1 amide bonds. The molecule has 0 heterocycles. The summed E-state index contributed by atoms with van der Waals surface area (Å²) in [6.07, 6.45) is 10.2. The minimum Gasteiger partial charge on any atom is -0.494 e. The van der Waals surface area contributed by atoms with Crippen LogP contribution in [0.25, 0.3) is 0 Å². The lowest BCUT2D eigenvalue weighted by atomic mass is 10.1. The molecule has 0 aliphatic carbocycles. The second-order valence-corrected chi connectivity index (χ2v) is 6.11. The highest BCUT2D eigenvalue weighted by atomic mass is 16.5. The number of methoxy groups -OCH3 is 1. The molecule has 0 bridgehead atoms. The van der Waals surface area contributed by atoms with Crippen LogP contribution in [0.15, 0.2) is 24.3 Å². The summed E-state index contributed by atoms with van der Waals surface area (Å²) >= 11 is 0. The van der Waals surface area contributed by atoms with E-state index in [9.17, 15) is 9.59 Å². The van der Waals surface area contributed by atoms with E-state index in [4.69, 9.17) is 4.74 Å². The maximum absolute atomic E-state index is 11.8. The van der Waals surface area contributed by atoms with Gasteiger partial charge in [0.1, 0.15) is 12.3 Å². The molecule has 0 saturated heterocycles. The van der Waals surface area contributed by atoms with Gasteiger partial charge in [-0.15, -0.1) is 0 Å². The number of ether oxygens (including phenoxy) is 2. The van der Waals surface area contributed by atoms with Crippen molar-refractivity contribution in [2.75, 3.05) is 20.3 Å². The Morgan fingerprint density at radius 3 is 2.12 bits per heavy atom. The maximum Gasteiger partial charge on any atom is 0.325 e. The lowest BCUT2D eigenvalue weighted by Crippen LogP contribution is -2.30. The van der Waals surface area contributed by atoms with Crippen LogP contribution in [-0.4, -0.2) is 32.1 Å². The fourth-order valence-electron chi connectivity index (χ4n) is 2.46. The van der Waals surface area contributed by atoms with E-state index in [0.29, 0.717) is 12.2 Å². The van der Waals surface area contributed by atoms with E-state index in [1.807, 2.05) is 0 Å². The second kappa shape index (κ2) is 13.3. The zero-order valence-corrected chi connectivity index (χ0v) is 15.5. The summed E-state index contributed by atoms with van der Waals surface area (Å²) in [7, 11) is 1.28. The molecule has 1 aromatic carbocycles. The van der Waals surface area contributed by atoms with E-state index in [2.05, 4.69) is 17.0 Å². The number of rotatable bonds is 13. The molecule has 0 atom stereocenters. The second-order valence-electron chi connectivity index (χ2n) is 6.11. The molecule has 0 aliphatic rings. The monoisotopic (exact) mass is 349 g/mol. The lowest BCUT2D eigenvalue weighted by Gasteiger charge is -2.08. The highest BCUT2D eigenvalue weighted by Gasteiger charge is 2.08. The fourth-order valence-corrected chi connectivity index (χ4v) is 2.46. The third kappa shape index (κ3) is 9.75. The summed E-state index contributed by atoms with van der Waals surface area (Å²) < 4.78 is 10.2. The first-order chi connectivity index (χ1) is 12.2. The normalized spacial score (nSPS) is 10.3. The highest BCUT2D eigenvalue weighted by Crippen LogP contribution is 2.14. The summed E-state index contributed by atoms with van der Waals surface area (Å²) in [5.74, 6) is -0.0221. The molecule has 1 aromatic rings. The molecular weight excluding hydrogens is 318 g/mol. The number of amides is 1. The van der Waals surface area contributed by atoms with Gasteiger partial charge in [0.2, 0.25) is 0 Å². The van der Waals surface area contributed by atoms with Crippen LogP contribution >= 0.6 is 0 Å². The average molecular weight is 349 g/mol. The standard InChI is InChI=1S/C20H31NO4/c1-3-4-5-6-7-8-9-10-15-25-18-13-11-17(12-14-18)20(23)21-16-19(22)24-2/h11-14H,3-10,15-16H2,1-2H3,(H,21,23). The molecule has 0 unspecified atom stereocenters. The number of unbranched alkanes of at least 4 members (excludes halogenated alkanes) is 7. The summed E-state index contributed by atoms with van der Waals surface area (Å²) in [6, 6.07) is 6.93. The van der Waals surface area contributed by atoms with E-state index in [1.165, 1.54) is 52.1 Å². The molecule has 0 fully saturated rings. The third-order valence-electron chi connectivity index (χ3n) is 4.00. The van der Waals surface area contributed by atoms with Crippen LogP contribution in [0.2, 0.25) is 0 Å². The highest BCUT2D eigenvalue weighted by molar-refractivity contribution is 5.95.